The van der Waals surface area contributed by atoms with Gasteiger partial charge in [0.05, 0.1) is 5.41 Å². The van der Waals surface area contributed by atoms with Crippen LogP contribution in [0.2, 0.25) is 0 Å². The second kappa shape index (κ2) is 4.74. The Labute approximate surface area is 98.6 Å². The fourth-order valence-corrected chi connectivity index (χ4v) is 3.08. The van der Waals surface area contributed by atoms with Crippen LogP contribution >= 0.6 is 0 Å². The zero-order chi connectivity index (χ0) is 11.6. The highest BCUT2D eigenvalue weighted by molar-refractivity contribution is 5.83. The van der Waals surface area contributed by atoms with Gasteiger partial charge in [-0.15, -0.1) is 0 Å². The van der Waals surface area contributed by atoms with E-state index in [1.165, 1.54) is 19.3 Å². The lowest BCUT2D eigenvalue weighted by Crippen LogP contribution is -2.50. The lowest BCUT2D eigenvalue weighted by atomic mass is 9.81. The van der Waals surface area contributed by atoms with Crippen molar-refractivity contribution in [2.45, 2.75) is 52.0 Å². The number of hydrogen-bond acceptors (Lipinski definition) is 2. The van der Waals surface area contributed by atoms with Crippen molar-refractivity contribution in [2.24, 2.45) is 5.41 Å². The molecule has 0 aromatic heterocycles. The largest absolute Gasteiger partial charge is 0.339 e. The molecule has 0 radical (unpaired) electrons. The molecule has 1 N–H and O–H groups in total. The van der Waals surface area contributed by atoms with Gasteiger partial charge < -0.3 is 10.2 Å². The van der Waals surface area contributed by atoms with Crippen LogP contribution in [-0.4, -0.2) is 36.5 Å². The molecule has 2 unspecified atom stereocenters. The van der Waals surface area contributed by atoms with Gasteiger partial charge in [-0.05, 0) is 45.6 Å². The second-order valence-electron chi connectivity index (χ2n) is 5.40. The maximum atomic E-state index is 12.6. The van der Waals surface area contributed by atoms with E-state index in [1.54, 1.807) is 0 Å². The molecule has 1 amide bonds. The fraction of sp³-hybridized carbons (Fsp3) is 0.923. The molecular formula is C13H24N2O. The SMILES string of the molecule is CCC1(C(=O)N2CCCCC2C)CCNC1. The Morgan fingerprint density at radius 2 is 2.31 bits per heavy atom. The third kappa shape index (κ3) is 1.97. The number of carbonyl (C=O) groups is 1. The number of likely N-dealkylation sites (tertiary alicyclic amines) is 1. The van der Waals surface area contributed by atoms with Crippen molar-refractivity contribution in [3.05, 3.63) is 0 Å². The molecule has 2 saturated heterocycles. The van der Waals surface area contributed by atoms with Crippen molar-refractivity contribution in [1.82, 2.24) is 10.2 Å². The van der Waals surface area contributed by atoms with Gasteiger partial charge in [0.1, 0.15) is 0 Å². The Bertz CT molecular complexity index is 259. The van der Waals surface area contributed by atoms with Crippen molar-refractivity contribution in [3.8, 4) is 0 Å². The third-order valence-electron chi connectivity index (χ3n) is 4.44. The number of carbonyl (C=O) groups excluding carboxylic acids is 1. The van der Waals surface area contributed by atoms with Crippen LogP contribution in [0.3, 0.4) is 0 Å². The quantitative estimate of drug-likeness (QED) is 0.775. The van der Waals surface area contributed by atoms with E-state index in [0.717, 1.165) is 32.5 Å². The molecule has 16 heavy (non-hydrogen) atoms. The molecule has 2 heterocycles. The third-order valence-corrected chi connectivity index (χ3v) is 4.44. The number of nitrogens with one attached hydrogen (secondary N) is 1. The van der Waals surface area contributed by atoms with E-state index in [-0.39, 0.29) is 5.41 Å². The van der Waals surface area contributed by atoms with Gasteiger partial charge in [0, 0.05) is 19.1 Å². The van der Waals surface area contributed by atoms with E-state index < -0.39 is 0 Å². The van der Waals surface area contributed by atoms with Crippen molar-refractivity contribution in [3.63, 3.8) is 0 Å². The lowest BCUT2D eigenvalue weighted by molar-refractivity contribution is -0.144. The van der Waals surface area contributed by atoms with Crippen LogP contribution in [0, 0.1) is 5.41 Å². The molecule has 0 aliphatic carbocycles. The zero-order valence-corrected chi connectivity index (χ0v) is 10.6. The van der Waals surface area contributed by atoms with Crippen LogP contribution in [0.4, 0.5) is 0 Å². The summed E-state index contributed by atoms with van der Waals surface area (Å²) >= 11 is 0. The predicted octanol–water partition coefficient (Wildman–Crippen LogP) is 1.78. The van der Waals surface area contributed by atoms with Crippen LogP contribution in [0.25, 0.3) is 0 Å². The van der Waals surface area contributed by atoms with Gasteiger partial charge in [0.25, 0.3) is 0 Å². The molecule has 2 fully saturated rings. The molecule has 2 rings (SSSR count). The summed E-state index contributed by atoms with van der Waals surface area (Å²) in [6.45, 7) is 7.21. The van der Waals surface area contributed by atoms with Gasteiger partial charge >= 0.3 is 0 Å². The number of rotatable bonds is 2. The first kappa shape index (κ1) is 11.9. The average molecular weight is 224 g/mol. The minimum atomic E-state index is -0.0917. The van der Waals surface area contributed by atoms with E-state index in [4.69, 9.17) is 0 Å². The molecule has 0 aromatic rings. The van der Waals surface area contributed by atoms with Crippen LogP contribution < -0.4 is 5.32 Å². The van der Waals surface area contributed by atoms with Gasteiger partial charge in [-0.3, -0.25) is 4.79 Å². The summed E-state index contributed by atoms with van der Waals surface area (Å²) in [6.07, 6.45) is 5.64. The molecule has 92 valence electrons. The maximum Gasteiger partial charge on any atom is 0.230 e. The van der Waals surface area contributed by atoms with Crippen LogP contribution in [0.15, 0.2) is 0 Å². The van der Waals surface area contributed by atoms with E-state index in [0.29, 0.717) is 11.9 Å². The Balaban J connectivity index is 2.10. The van der Waals surface area contributed by atoms with Crippen molar-refractivity contribution in [2.75, 3.05) is 19.6 Å². The average Bonchev–Trinajstić information content (AvgIpc) is 2.78. The van der Waals surface area contributed by atoms with Gasteiger partial charge in [0.15, 0.2) is 0 Å². The van der Waals surface area contributed by atoms with Gasteiger partial charge in [-0.1, -0.05) is 6.92 Å². The molecule has 2 aliphatic rings. The molecule has 0 bridgehead atoms. The molecule has 3 nitrogen and oxygen atoms in total. The number of nitrogens with zero attached hydrogens (tertiary/aromatic N) is 1. The van der Waals surface area contributed by atoms with E-state index in [1.807, 2.05) is 0 Å². The van der Waals surface area contributed by atoms with Gasteiger partial charge in [-0.2, -0.15) is 0 Å². The minimum absolute atomic E-state index is 0.0917. The normalized spacial score (nSPS) is 35.4. The Hall–Kier alpha value is -0.570. The summed E-state index contributed by atoms with van der Waals surface area (Å²) in [5.74, 6) is 0.409. The molecule has 3 heteroatoms. The fourth-order valence-electron chi connectivity index (χ4n) is 3.08. The molecule has 0 aromatic carbocycles. The van der Waals surface area contributed by atoms with Crippen molar-refractivity contribution in [1.29, 1.82) is 0 Å². The summed E-state index contributed by atoms with van der Waals surface area (Å²) in [7, 11) is 0. The highest BCUT2D eigenvalue weighted by Gasteiger charge is 2.43. The minimum Gasteiger partial charge on any atom is -0.339 e. The number of piperidine rings is 1. The summed E-state index contributed by atoms with van der Waals surface area (Å²) in [5.41, 5.74) is -0.0917. The molecule has 2 atom stereocenters. The van der Waals surface area contributed by atoms with Crippen molar-refractivity contribution < 1.29 is 4.79 Å². The first-order valence-corrected chi connectivity index (χ1v) is 6.71. The number of hydrogen-bond donors (Lipinski definition) is 1. The summed E-state index contributed by atoms with van der Waals surface area (Å²) in [4.78, 5) is 14.8. The predicted molar refractivity (Wildman–Crippen MR) is 65.2 cm³/mol. The first-order chi connectivity index (χ1) is 7.69. The molecule has 0 saturated carbocycles. The summed E-state index contributed by atoms with van der Waals surface area (Å²) in [5, 5.41) is 3.35. The van der Waals surface area contributed by atoms with E-state index in [2.05, 4.69) is 24.1 Å². The van der Waals surface area contributed by atoms with Gasteiger partial charge in [0.2, 0.25) is 5.91 Å². The smallest absolute Gasteiger partial charge is 0.230 e. The van der Waals surface area contributed by atoms with E-state index in [9.17, 15) is 4.79 Å². The Morgan fingerprint density at radius 3 is 2.88 bits per heavy atom. The highest BCUT2D eigenvalue weighted by Crippen LogP contribution is 2.33. The van der Waals surface area contributed by atoms with E-state index >= 15 is 0 Å². The molecular weight excluding hydrogens is 200 g/mol. The topological polar surface area (TPSA) is 32.3 Å². The number of amides is 1. The van der Waals surface area contributed by atoms with Crippen LogP contribution in [-0.2, 0) is 4.79 Å². The Kier molecular flexibility index (Phi) is 3.53. The summed E-state index contributed by atoms with van der Waals surface area (Å²) < 4.78 is 0. The highest BCUT2D eigenvalue weighted by atomic mass is 16.2. The van der Waals surface area contributed by atoms with Crippen LogP contribution in [0.1, 0.15) is 46.0 Å². The standard InChI is InChI=1S/C13H24N2O/c1-3-13(7-8-14-10-13)12(16)15-9-5-4-6-11(15)2/h11,14H,3-10H2,1-2H3. The maximum absolute atomic E-state index is 12.6. The first-order valence-electron chi connectivity index (χ1n) is 6.71. The monoisotopic (exact) mass is 224 g/mol. The lowest BCUT2D eigenvalue weighted by Gasteiger charge is -2.39. The van der Waals surface area contributed by atoms with Crippen molar-refractivity contribution >= 4 is 5.91 Å². The second-order valence-corrected chi connectivity index (χ2v) is 5.40. The van der Waals surface area contributed by atoms with Crippen LogP contribution in [0.5, 0.6) is 0 Å². The Morgan fingerprint density at radius 1 is 1.50 bits per heavy atom. The molecule has 2 aliphatic heterocycles. The zero-order valence-electron chi connectivity index (χ0n) is 10.6. The summed E-state index contributed by atoms with van der Waals surface area (Å²) in [6, 6.07) is 0.449. The molecule has 0 spiro atoms. The van der Waals surface area contributed by atoms with Gasteiger partial charge in [-0.25, -0.2) is 0 Å².